The zero-order chi connectivity index (χ0) is 13.0. The molecule has 18 heavy (non-hydrogen) atoms. The molecule has 2 rings (SSSR count). The summed E-state index contributed by atoms with van der Waals surface area (Å²) >= 11 is 0. The predicted molar refractivity (Wildman–Crippen MR) is 69.7 cm³/mol. The summed E-state index contributed by atoms with van der Waals surface area (Å²) in [7, 11) is 0. The minimum atomic E-state index is -0.0704. The first-order valence-electron chi connectivity index (χ1n) is 6.34. The Morgan fingerprint density at radius 1 is 1.50 bits per heavy atom. The lowest BCUT2D eigenvalue weighted by molar-refractivity contribution is -0.141. The molecule has 1 aliphatic rings. The fourth-order valence-electron chi connectivity index (χ4n) is 2.31. The van der Waals surface area contributed by atoms with Gasteiger partial charge in [0.25, 0.3) is 0 Å². The first-order valence-corrected chi connectivity index (χ1v) is 6.34. The van der Waals surface area contributed by atoms with Gasteiger partial charge in [0, 0.05) is 45.1 Å². The lowest BCUT2D eigenvalue weighted by atomic mass is 10.1. The van der Waals surface area contributed by atoms with Gasteiger partial charge in [-0.05, 0) is 18.6 Å². The van der Waals surface area contributed by atoms with Gasteiger partial charge in [-0.25, -0.2) is 0 Å². The molecule has 0 aromatic carbocycles. The van der Waals surface area contributed by atoms with Crippen LogP contribution in [0.5, 0.6) is 0 Å². The number of rotatable bonds is 4. The highest BCUT2D eigenvalue weighted by atomic mass is 16.2. The van der Waals surface area contributed by atoms with E-state index in [2.05, 4.69) is 9.88 Å². The fraction of sp³-hybridized carbons (Fsp3) is 0.538. The monoisotopic (exact) mass is 248 g/mol. The van der Waals surface area contributed by atoms with Gasteiger partial charge in [0.1, 0.15) is 0 Å². The molecule has 1 atom stereocenters. The molecule has 0 saturated carbocycles. The van der Waals surface area contributed by atoms with Crippen molar-refractivity contribution in [3.05, 3.63) is 30.1 Å². The molecular formula is C13H20N4O. The van der Waals surface area contributed by atoms with E-state index in [1.807, 2.05) is 30.2 Å². The third-order valence-corrected chi connectivity index (χ3v) is 3.39. The predicted octanol–water partition coefficient (Wildman–Crippen LogP) is 0.0730. The standard InChI is InChI=1S/C13H20N4O/c1-11-13(18)17(8-7-16(11)6-4-14)10-12-3-2-5-15-9-12/h2-3,5,9,11H,4,6-8,10,14H2,1H3. The highest BCUT2D eigenvalue weighted by Gasteiger charge is 2.30. The van der Waals surface area contributed by atoms with E-state index in [-0.39, 0.29) is 11.9 Å². The van der Waals surface area contributed by atoms with Crippen LogP contribution in [0.4, 0.5) is 0 Å². The second-order valence-corrected chi connectivity index (χ2v) is 4.62. The molecule has 2 N–H and O–H groups in total. The van der Waals surface area contributed by atoms with Gasteiger partial charge in [-0.3, -0.25) is 14.7 Å². The number of amides is 1. The minimum Gasteiger partial charge on any atom is -0.336 e. The lowest BCUT2D eigenvalue weighted by Gasteiger charge is -2.39. The number of pyridine rings is 1. The Bertz CT molecular complexity index is 395. The summed E-state index contributed by atoms with van der Waals surface area (Å²) in [4.78, 5) is 20.4. The molecule has 1 unspecified atom stereocenters. The van der Waals surface area contributed by atoms with Crippen LogP contribution in [0.1, 0.15) is 12.5 Å². The maximum absolute atomic E-state index is 12.2. The van der Waals surface area contributed by atoms with Crippen LogP contribution in [0.3, 0.4) is 0 Å². The summed E-state index contributed by atoms with van der Waals surface area (Å²) in [6, 6.07) is 3.82. The molecule has 98 valence electrons. The SMILES string of the molecule is CC1C(=O)N(Cc2cccnc2)CCN1CCN. The Morgan fingerprint density at radius 2 is 2.33 bits per heavy atom. The van der Waals surface area contributed by atoms with E-state index in [1.165, 1.54) is 0 Å². The average Bonchev–Trinajstić information content (AvgIpc) is 2.40. The van der Waals surface area contributed by atoms with E-state index in [0.29, 0.717) is 13.1 Å². The van der Waals surface area contributed by atoms with Crippen molar-refractivity contribution in [3.8, 4) is 0 Å². The number of carbonyl (C=O) groups is 1. The quantitative estimate of drug-likeness (QED) is 0.819. The van der Waals surface area contributed by atoms with E-state index >= 15 is 0 Å². The molecule has 1 aliphatic heterocycles. The molecule has 5 heteroatoms. The van der Waals surface area contributed by atoms with Crippen LogP contribution in [0.2, 0.25) is 0 Å². The summed E-state index contributed by atoms with van der Waals surface area (Å²) in [6.07, 6.45) is 3.55. The molecule has 1 fully saturated rings. The van der Waals surface area contributed by atoms with Crippen molar-refractivity contribution in [1.82, 2.24) is 14.8 Å². The first-order chi connectivity index (χ1) is 8.72. The lowest BCUT2D eigenvalue weighted by Crippen LogP contribution is -2.56. The number of hydrogen-bond acceptors (Lipinski definition) is 4. The van der Waals surface area contributed by atoms with E-state index in [4.69, 9.17) is 5.73 Å². The zero-order valence-electron chi connectivity index (χ0n) is 10.7. The number of carbonyl (C=O) groups excluding carboxylic acids is 1. The van der Waals surface area contributed by atoms with Crippen LogP contribution in [-0.4, -0.2) is 52.9 Å². The topological polar surface area (TPSA) is 62.5 Å². The maximum atomic E-state index is 12.2. The molecule has 0 radical (unpaired) electrons. The Labute approximate surface area is 108 Å². The first kappa shape index (κ1) is 13.0. The molecule has 0 aliphatic carbocycles. The Kier molecular flexibility index (Phi) is 4.28. The zero-order valence-corrected chi connectivity index (χ0v) is 10.7. The van der Waals surface area contributed by atoms with Crippen molar-refractivity contribution in [2.45, 2.75) is 19.5 Å². The third kappa shape index (κ3) is 2.86. The summed E-state index contributed by atoms with van der Waals surface area (Å²) in [6.45, 7) is 5.64. The molecule has 0 spiro atoms. The second-order valence-electron chi connectivity index (χ2n) is 4.62. The highest BCUT2D eigenvalue weighted by Crippen LogP contribution is 2.13. The van der Waals surface area contributed by atoms with Crippen molar-refractivity contribution in [1.29, 1.82) is 0 Å². The average molecular weight is 248 g/mol. The molecule has 1 amide bonds. The van der Waals surface area contributed by atoms with Crippen LogP contribution in [0, 0.1) is 0 Å². The highest BCUT2D eigenvalue weighted by molar-refractivity contribution is 5.82. The Morgan fingerprint density at radius 3 is 3.00 bits per heavy atom. The van der Waals surface area contributed by atoms with Crippen LogP contribution >= 0.6 is 0 Å². The van der Waals surface area contributed by atoms with Gasteiger partial charge in [0.2, 0.25) is 5.91 Å². The number of nitrogens with zero attached hydrogens (tertiary/aromatic N) is 3. The van der Waals surface area contributed by atoms with Crippen molar-refractivity contribution < 1.29 is 4.79 Å². The van der Waals surface area contributed by atoms with Crippen molar-refractivity contribution >= 4 is 5.91 Å². The van der Waals surface area contributed by atoms with Crippen LogP contribution in [-0.2, 0) is 11.3 Å². The third-order valence-electron chi connectivity index (χ3n) is 3.39. The van der Waals surface area contributed by atoms with E-state index in [1.54, 1.807) is 6.20 Å². The van der Waals surface area contributed by atoms with Crippen molar-refractivity contribution in [2.75, 3.05) is 26.2 Å². The minimum absolute atomic E-state index is 0.0704. The smallest absolute Gasteiger partial charge is 0.239 e. The van der Waals surface area contributed by atoms with E-state index in [0.717, 1.165) is 25.2 Å². The summed E-state index contributed by atoms with van der Waals surface area (Å²) in [5.41, 5.74) is 6.62. The fourth-order valence-corrected chi connectivity index (χ4v) is 2.31. The van der Waals surface area contributed by atoms with E-state index < -0.39 is 0 Å². The maximum Gasteiger partial charge on any atom is 0.239 e. The molecule has 5 nitrogen and oxygen atoms in total. The summed E-state index contributed by atoms with van der Waals surface area (Å²) < 4.78 is 0. The van der Waals surface area contributed by atoms with Crippen molar-refractivity contribution in [2.24, 2.45) is 5.73 Å². The van der Waals surface area contributed by atoms with Gasteiger partial charge >= 0.3 is 0 Å². The molecule has 1 aromatic heterocycles. The van der Waals surface area contributed by atoms with Crippen molar-refractivity contribution in [3.63, 3.8) is 0 Å². The van der Waals surface area contributed by atoms with Crippen LogP contribution in [0.25, 0.3) is 0 Å². The Balaban J connectivity index is 1.98. The summed E-state index contributed by atoms with van der Waals surface area (Å²) in [5.74, 6) is 0.179. The van der Waals surface area contributed by atoms with Gasteiger partial charge < -0.3 is 10.6 Å². The van der Waals surface area contributed by atoms with Crippen LogP contribution < -0.4 is 5.73 Å². The van der Waals surface area contributed by atoms with Crippen LogP contribution in [0.15, 0.2) is 24.5 Å². The largest absolute Gasteiger partial charge is 0.336 e. The van der Waals surface area contributed by atoms with Gasteiger partial charge in [-0.1, -0.05) is 6.07 Å². The Hall–Kier alpha value is -1.46. The van der Waals surface area contributed by atoms with Gasteiger partial charge in [0.15, 0.2) is 0 Å². The number of aromatic nitrogens is 1. The summed E-state index contributed by atoms with van der Waals surface area (Å²) in [5, 5.41) is 0. The molecule has 1 aromatic rings. The molecule has 0 bridgehead atoms. The number of nitrogens with two attached hydrogens (primary N) is 1. The normalized spacial score (nSPS) is 21.3. The van der Waals surface area contributed by atoms with Gasteiger partial charge in [-0.2, -0.15) is 0 Å². The van der Waals surface area contributed by atoms with Gasteiger partial charge in [0.05, 0.1) is 6.04 Å². The number of piperazine rings is 1. The van der Waals surface area contributed by atoms with E-state index in [9.17, 15) is 4.79 Å². The number of hydrogen-bond donors (Lipinski definition) is 1. The molecule has 2 heterocycles. The molecule has 1 saturated heterocycles. The second kappa shape index (κ2) is 5.93. The van der Waals surface area contributed by atoms with Gasteiger partial charge in [-0.15, -0.1) is 0 Å². The molecular weight excluding hydrogens is 228 g/mol.